The normalized spacial score (nSPS) is 8.24. The fourth-order valence-electron chi connectivity index (χ4n) is 1.65. The van der Waals surface area contributed by atoms with Crippen molar-refractivity contribution in [2.45, 2.75) is 0 Å². The summed E-state index contributed by atoms with van der Waals surface area (Å²) in [4.78, 5) is 52.1. The molecule has 26 heteroatoms. The minimum atomic E-state index is -2.33. The molecule has 0 rings (SSSR count). The Morgan fingerprint density at radius 2 is 0.667 bits per heavy atom. The molecule has 0 fully saturated rings. The van der Waals surface area contributed by atoms with Crippen molar-refractivity contribution < 1.29 is 123 Å². The molecule has 0 aliphatic carbocycles. The Labute approximate surface area is 267 Å². The molecule has 25 nitrogen and oxygen atoms in total. The minimum absolute atomic E-state index is 0. The van der Waals surface area contributed by atoms with Gasteiger partial charge in [0.05, 0.1) is 37.1 Å². The van der Waals surface area contributed by atoms with Gasteiger partial charge in [-0.05, 0) is 6.16 Å². The van der Waals surface area contributed by atoms with E-state index in [-0.39, 0.29) is 92.0 Å². The first-order valence-corrected chi connectivity index (χ1v) is 9.73. The second kappa shape index (κ2) is 39.1. The summed E-state index contributed by atoms with van der Waals surface area (Å²) in [5, 5.41) is 72.2. The summed E-state index contributed by atoms with van der Waals surface area (Å²) in [7, 11) is 0. The minimum Gasteiger partial charge on any atom is -0.652 e. The van der Waals surface area contributed by atoms with Gasteiger partial charge in [0.2, 0.25) is 0 Å². The molecule has 0 aliphatic heterocycles. The summed E-state index contributed by atoms with van der Waals surface area (Å²) in [5.74, 6) is -6.08. The van der Waals surface area contributed by atoms with Crippen molar-refractivity contribution in [3.8, 4) is 0 Å². The van der Waals surface area contributed by atoms with Crippen molar-refractivity contribution in [2.24, 2.45) is 34.4 Å². The number of guanidine groups is 3. The summed E-state index contributed by atoms with van der Waals surface area (Å²) in [6.45, 7) is -2.63. The first kappa shape index (κ1) is 57.8. The molecule has 22 N–H and O–H groups in total. The van der Waals surface area contributed by atoms with E-state index in [4.69, 9.17) is 19.7 Å². The summed E-state index contributed by atoms with van der Waals surface area (Å²) in [5.41, 5.74) is 27.5. The van der Waals surface area contributed by atoms with E-state index in [1.165, 1.54) is 0 Å². The monoisotopic (exact) mass is 783 g/mol. The van der Waals surface area contributed by atoms with Gasteiger partial charge in [0.15, 0.2) is 0 Å². The average Bonchev–Trinajstić information content (AvgIpc) is 2.63. The average molecular weight is 784 g/mol. The Morgan fingerprint density at radius 1 is 0.524 bits per heavy atom. The number of carboxylic acids is 4. The van der Waals surface area contributed by atoms with Crippen molar-refractivity contribution in [1.29, 1.82) is 0 Å². The number of carboxylic acid groups (broad SMARTS) is 6. The fraction of sp³-hybridized carbons (Fsp3) is 0.500. The van der Waals surface area contributed by atoms with Gasteiger partial charge in [-0.1, -0.05) is 0 Å². The molecular weight excluding hydrogens is 745 g/mol. The third kappa shape index (κ3) is 110. The maximum atomic E-state index is 10.4. The molecule has 0 aromatic carbocycles. The molecule has 0 saturated heterocycles. The van der Waals surface area contributed by atoms with Crippen LogP contribution in [0.25, 0.3) is 0 Å². The van der Waals surface area contributed by atoms with E-state index >= 15 is 0 Å². The van der Waals surface area contributed by atoms with E-state index in [0.717, 1.165) is 9.80 Å². The maximum absolute atomic E-state index is 10.4. The molecule has 0 heterocycles. The molecule has 0 amide bonds. The quantitative estimate of drug-likeness (QED) is 0.0448. The van der Waals surface area contributed by atoms with Gasteiger partial charge in [0.1, 0.15) is 0 Å². The number of carbonyl (C=O) groups excluding carboxylic acids is 5. The Balaban J connectivity index is -0.0000000835. The molecule has 0 unspecified atom stereocenters. The van der Waals surface area contributed by atoms with Crippen LogP contribution in [-0.2, 0) is 23.9 Å². The number of carbonyl (C=O) groups is 5. The Morgan fingerprint density at radius 3 is 0.786 bits per heavy atom. The van der Waals surface area contributed by atoms with Crippen molar-refractivity contribution in [2.75, 3.05) is 52.5 Å². The third-order valence-corrected chi connectivity index (χ3v) is 2.51. The van der Waals surface area contributed by atoms with Crippen LogP contribution < -0.4 is 81.3 Å². The largest absolute Gasteiger partial charge is 3.00 e. The predicted octanol–water partition coefficient (Wildman–Crippen LogP) is -20.4. The van der Waals surface area contributed by atoms with E-state index in [1.54, 1.807) is 0 Å². The van der Waals surface area contributed by atoms with Gasteiger partial charge in [0, 0.05) is 39.3 Å². The van der Waals surface area contributed by atoms with Crippen LogP contribution in [0.3, 0.4) is 0 Å². The van der Waals surface area contributed by atoms with E-state index in [9.17, 15) is 39.6 Å². The van der Waals surface area contributed by atoms with E-state index < -0.39 is 56.2 Å². The summed E-state index contributed by atoms with van der Waals surface area (Å²) >= 11 is 0. The molecule has 0 atom stereocenters. The van der Waals surface area contributed by atoms with Crippen molar-refractivity contribution in [1.82, 2.24) is 9.80 Å². The van der Waals surface area contributed by atoms with Crippen LogP contribution in [0, 0.1) is 36.9 Å². The van der Waals surface area contributed by atoms with Gasteiger partial charge in [-0.15, -0.1) is 0 Å². The fourth-order valence-corrected chi connectivity index (χ4v) is 1.65. The van der Waals surface area contributed by atoms with Crippen molar-refractivity contribution in [3.63, 3.8) is 0 Å². The first-order valence-electron chi connectivity index (χ1n) is 9.73. The van der Waals surface area contributed by atoms with Crippen molar-refractivity contribution in [3.05, 3.63) is 0 Å². The van der Waals surface area contributed by atoms with Gasteiger partial charge in [-0.3, -0.25) is 60.4 Å². The zero-order chi connectivity index (χ0) is 32.1. The number of rotatable bonds is 14. The second-order valence-electron chi connectivity index (χ2n) is 6.27. The Kier molecular flexibility index (Phi) is 53.9. The summed E-state index contributed by atoms with van der Waals surface area (Å²) in [6.07, 6.45) is -2.33. The van der Waals surface area contributed by atoms with Gasteiger partial charge in [0.25, 0.3) is 0 Å². The van der Waals surface area contributed by atoms with Crippen LogP contribution in [0.4, 0.5) is 4.79 Å². The topological polar surface area (TPSA) is 535 Å². The molecule has 0 spiro atoms. The zero-order valence-corrected chi connectivity index (χ0v) is 23.6. The molecule has 42 heavy (non-hydrogen) atoms. The number of nitrogens with two attached hydrogens (primary N) is 9. The molecule has 0 aromatic rings. The van der Waals surface area contributed by atoms with Crippen LogP contribution in [0.1, 0.15) is 0 Å². The van der Waals surface area contributed by atoms with Crippen LogP contribution in [0.15, 0.2) is 0 Å². The molecule has 0 saturated carbocycles. The van der Waals surface area contributed by atoms with Crippen LogP contribution >= 0.6 is 0 Å². The summed E-state index contributed by atoms with van der Waals surface area (Å²) in [6, 6.07) is 0. The van der Waals surface area contributed by atoms with Crippen LogP contribution in [0.5, 0.6) is 0 Å². The van der Waals surface area contributed by atoms with Gasteiger partial charge >= 0.3 is 54.8 Å². The van der Waals surface area contributed by atoms with Gasteiger partial charge in [-0.25, -0.2) is 0 Å². The molecule has 0 radical (unpaired) electrons. The first-order chi connectivity index (χ1) is 17.6. The molecule has 256 valence electrons. The van der Waals surface area contributed by atoms with Gasteiger partial charge in [-0.2, -0.15) is 0 Å². The summed E-state index contributed by atoms with van der Waals surface area (Å²) < 4.78 is 5.08. The van der Waals surface area contributed by atoms with Gasteiger partial charge < -0.3 is 70.3 Å². The predicted molar refractivity (Wildman–Crippen MR) is 122 cm³/mol. The molecule has 0 aromatic heterocycles. The Bertz CT molecular complexity index is 658. The zero-order valence-electron chi connectivity index (χ0n) is 21.9. The SMILES string of the molecule is NC(N)=[NH2+].NC(N)=[NH2+].NC(N)=[NH2+].O.O.O=C([O-])CN(CCOCCN(CC(=O)[O-])CC(=O)[O-])CC(=O)[O-].O=C([O-])[O-].[Lu+3]. The van der Waals surface area contributed by atoms with E-state index in [2.05, 4.69) is 50.6 Å². The second-order valence-corrected chi connectivity index (χ2v) is 6.27. The number of hydrogen-bond donors (Lipinski definition) is 9. The number of ether oxygens (including phenoxy) is 1. The van der Waals surface area contributed by atoms with E-state index in [0.29, 0.717) is 0 Å². The standard InChI is InChI=1S/C12H20N2O9.3CH5N3.CH2O3.Lu.2H2O/c15-9(16)5-13(6-10(17)18)1-3-23-4-2-14(7-11(19)20)8-12(21)22;4*2-1(3)4;;;/h1-8H2,(H,15,16)(H,17,18)(H,19,20)(H,21,22);3*(H5,2,3,4);(H2,2,3,4);;2*1H2/q;;;;;+3;;/p-3. The molecule has 0 bridgehead atoms. The number of hydrogen-bond acceptors (Lipinski definition) is 14. The Hall–Kier alpha value is -4.01. The van der Waals surface area contributed by atoms with E-state index in [1.807, 2.05) is 0 Å². The van der Waals surface area contributed by atoms with Crippen LogP contribution in [-0.4, -0.2) is 121 Å². The number of nitrogens with zero attached hydrogens (tertiary/aromatic N) is 2. The number of aliphatic carboxylic acids is 4. The molecule has 0 aliphatic rings. The third-order valence-electron chi connectivity index (χ3n) is 2.51. The maximum Gasteiger partial charge on any atom is 3.00 e. The van der Waals surface area contributed by atoms with Crippen molar-refractivity contribution >= 4 is 47.9 Å². The van der Waals surface area contributed by atoms with Crippen LogP contribution in [0.2, 0.25) is 0 Å². The smallest absolute Gasteiger partial charge is 0.652 e. The molecular formula is C16H38LuN11O14.